The molecule has 100 valence electrons. The topological polar surface area (TPSA) is 61.4 Å². The van der Waals surface area contributed by atoms with Gasteiger partial charge in [0.05, 0.1) is 0 Å². The van der Waals surface area contributed by atoms with Crippen LogP contribution in [0.4, 0.5) is 0 Å². The Hall–Kier alpha value is -0.170. The van der Waals surface area contributed by atoms with Crippen LogP contribution in [0, 0.1) is 11.8 Å². The van der Waals surface area contributed by atoms with Crippen molar-refractivity contribution in [3.8, 4) is 0 Å². The summed E-state index contributed by atoms with van der Waals surface area (Å²) in [6.07, 6.45) is 0.891. The molecule has 3 unspecified atom stereocenters. The molecule has 2 aliphatic rings. The minimum atomic E-state index is -3.31. The highest BCUT2D eigenvalue weighted by Gasteiger charge is 2.47. The number of hydrogen-bond acceptors (Lipinski definition) is 3. The van der Waals surface area contributed by atoms with E-state index in [-0.39, 0.29) is 12.1 Å². The van der Waals surface area contributed by atoms with E-state index < -0.39 is 10.2 Å². The normalized spacial score (nSPS) is 34.5. The lowest BCUT2D eigenvalue weighted by atomic mass is 9.93. The Morgan fingerprint density at radius 2 is 2.12 bits per heavy atom. The third kappa shape index (κ3) is 2.50. The first-order chi connectivity index (χ1) is 7.95. The van der Waals surface area contributed by atoms with Crippen molar-refractivity contribution >= 4 is 10.2 Å². The monoisotopic (exact) mass is 261 g/mol. The first-order valence-electron chi connectivity index (χ1n) is 6.45. The smallest absolute Gasteiger partial charge is 0.279 e. The van der Waals surface area contributed by atoms with Crippen LogP contribution in [0.3, 0.4) is 0 Å². The lowest BCUT2D eigenvalue weighted by molar-refractivity contribution is 0.323. The second-order valence-electron chi connectivity index (χ2n) is 5.41. The Kier molecular flexibility index (Phi) is 3.77. The second-order valence-corrected chi connectivity index (χ2v) is 7.06. The molecule has 0 amide bonds. The van der Waals surface area contributed by atoms with Crippen molar-refractivity contribution in [1.82, 2.24) is 14.3 Å². The molecular formula is C11H23N3O2S. The maximum absolute atomic E-state index is 12.2. The highest BCUT2D eigenvalue weighted by Crippen LogP contribution is 2.35. The molecule has 0 aliphatic carbocycles. The van der Waals surface area contributed by atoms with Crippen molar-refractivity contribution in [3.63, 3.8) is 0 Å². The number of hydrogen-bond donors (Lipinski definition) is 2. The summed E-state index contributed by atoms with van der Waals surface area (Å²) in [6, 6.07) is 0.113. The van der Waals surface area contributed by atoms with E-state index in [2.05, 4.69) is 17.0 Å². The van der Waals surface area contributed by atoms with Gasteiger partial charge in [-0.1, -0.05) is 6.92 Å². The zero-order chi connectivity index (χ0) is 12.6. The fourth-order valence-corrected chi connectivity index (χ4v) is 4.91. The Bertz CT molecular complexity index is 369. The van der Waals surface area contributed by atoms with Crippen molar-refractivity contribution in [2.24, 2.45) is 11.8 Å². The van der Waals surface area contributed by atoms with Gasteiger partial charge in [-0.15, -0.1) is 0 Å². The molecule has 2 N–H and O–H groups in total. The lowest BCUT2D eigenvalue weighted by Crippen LogP contribution is -2.47. The highest BCUT2D eigenvalue weighted by molar-refractivity contribution is 7.87. The average Bonchev–Trinajstić information content (AvgIpc) is 2.73. The van der Waals surface area contributed by atoms with E-state index in [1.807, 2.05) is 13.8 Å². The summed E-state index contributed by atoms with van der Waals surface area (Å²) >= 11 is 0. The molecule has 0 saturated carbocycles. The van der Waals surface area contributed by atoms with Crippen molar-refractivity contribution < 1.29 is 8.42 Å². The standard InChI is InChI=1S/C11H23N3O2S/c1-4-11-10-6-12-5-9(10)7-14(11)17(15,16)13-8(2)3/h8-13H,4-7H2,1-3H3. The van der Waals surface area contributed by atoms with Crippen LogP contribution in [-0.4, -0.2) is 44.4 Å². The molecule has 0 radical (unpaired) electrons. The number of rotatable bonds is 4. The van der Waals surface area contributed by atoms with E-state index in [4.69, 9.17) is 0 Å². The maximum atomic E-state index is 12.2. The molecule has 2 heterocycles. The predicted octanol–water partition coefficient (Wildman–Crippen LogP) is 0.159. The molecule has 5 nitrogen and oxygen atoms in total. The van der Waals surface area contributed by atoms with E-state index in [1.54, 1.807) is 4.31 Å². The van der Waals surface area contributed by atoms with Crippen LogP contribution in [0.1, 0.15) is 27.2 Å². The molecule has 0 aromatic heterocycles. The van der Waals surface area contributed by atoms with Crippen molar-refractivity contribution in [1.29, 1.82) is 0 Å². The SMILES string of the molecule is CCC1C2CNCC2CN1S(=O)(=O)NC(C)C. The molecule has 0 bridgehead atoms. The van der Waals surface area contributed by atoms with Gasteiger partial charge in [-0.3, -0.25) is 0 Å². The fraction of sp³-hybridized carbons (Fsp3) is 1.00. The molecule has 2 aliphatic heterocycles. The molecule has 3 atom stereocenters. The summed E-state index contributed by atoms with van der Waals surface area (Å²) in [5.41, 5.74) is 0. The van der Waals surface area contributed by atoms with Crippen LogP contribution in [0.25, 0.3) is 0 Å². The third-order valence-electron chi connectivity index (χ3n) is 3.78. The average molecular weight is 261 g/mol. The van der Waals surface area contributed by atoms with Gasteiger partial charge in [-0.2, -0.15) is 17.4 Å². The van der Waals surface area contributed by atoms with E-state index in [9.17, 15) is 8.42 Å². The van der Waals surface area contributed by atoms with Crippen LogP contribution in [-0.2, 0) is 10.2 Å². The Labute approximate surface area is 104 Å². The first-order valence-corrected chi connectivity index (χ1v) is 7.89. The highest BCUT2D eigenvalue weighted by atomic mass is 32.2. The van der Waals surface area contributed by atoms with E-state index in [1.165, 1.54) is 0 Å². The van der Waals surface area contributed by atoms with Crippen LogP contribution in [0.5, 0.6) is 0 Å². The zero-order valence-electron chi connectivity index (χ0n) is 10.8. The van der Waals surface area contributed by atoms with Crippen LogP contribution in [0.15, 0.2) is 0 Å². The molecule has 2 rings (SSSR count). The van der Waals surface area contributed by atoms with Crippen LogP contribution >= 0.6 is 0 Å². The predicted molar refractivity (Wildman–Crippen MR) is 67.8 cm³/mol. The van der Waals surface area contributed by atoms with Gasteiger partial charge in [0, 0.05) is 18.6 Å². The van der Waals surface area contributed by atoms with Gasteiger partial charge in [0.2, 0.25) is 0 Å². The van der Waals surface area contributed by atoms with Gasteiger partial charge in [0.1, 0.15) is 0 Å². The quantitative estimate of drug-likeness (QED) is 0.758. The van der Waals surface area contributed by atoms with Gasteiger partial charge >= 0.3 is 0 Å². The van der Waals surface area contributed by atoms with Gasteiger partial charge in [-0.05, 0) is 45.2 Å². The van der Waals surface area contributed by atoms with Crippen LogP contribution in [0.2, 0.25) is 0 Å². The Morgan fingerprint density at radius 1 is 1.41 bits per heavy atom. The lowest BCUT2D eigenvalue weighted by Gasteiger charge is -2.27. The Morgan fingerprint density at radius 3 is 2.71 bits per heavy atom. The van der Waals surface area contributed by atoms with E-state index in [0.717, 1.165) is 19.5 Å². The van der Waals surface area contributed by atoms with E-state index in [0.29, 0.717) is 18.4 Å². The molecule has 0 aromatic carbocycles. The molecular weight excluding hydrogens is 238 g/mol. The van der Waals surface area contributed by atoms with Crippen molar-refractivity contribution in [2.45, 2.75) is 39.3 Å². The summed E-state index contributed by atoms with van der Waals surface area (Å²) in [7, 11) is -3.31. The Balaban J connectivity index is 2.16. The summed E-state index contributed by atoms with van der Waals surface area (Å²) in [5.74, 6) is 0.979. The number of nitrogens with one attached hydrogen (secondary N) is 2. The molecule has 0 aromatic rings. The van der Waals surface area contributed by atoms with Gasteiger partial charge in [0.15, 0.2) is 0 Å². The fourth-order valence-electron chi connectivity index (χ4n) is 3.13. The summed E-state index contributed by atoms with van der Waals surface area (Å²) < 4.78 is 28.9. The van der Waals surface area contributed by atoms with Gasteiger partial charge in [-0.25, -0.2) is 0 Å². The molecule has 17 heavy (non-hydrogen) atoms. The second kappa shape index (κ2) is 4.84. The number of nitrogens with zero attached hydrogens (tertiary/aromatic N) is 1. The van der Waals surface area contributed by atoms with Gasteiger partial charge < -0.3 is 5.32 Å². The van der Waals surface area contributed by atoms with Crippen LogP contribution < -0.4 is 10.0 Å². The number of fused-ring (bicyclic) bond motifs is 1. The summed E-state index contributed by atoms with van der Waals surface area (Å²) in [6.45, 7) is 8.36. The molecule has 0 spiro atoms. The zero-order valence-corrected chi connectivity index (χ0v) is 11.6. The largest absolute Gasteiger partial charge is 0.316 e. The summed E-state index contributed by atoms with van der Waals surface area (Å²) in [5, 5.41) is 3.36. The first kappa shape index (κ1) is 13.3. The van der Waals surface area contributed by atoms with E-state index >= 15 is 0 Å². The molecule has 2 fully saturated rings. The van der Waals surface area contributed by atoms with Gasteiger partial charge in [0.25, 0.3) is 10.2 Å². The van der Waals surface area contributed by atoms with Crippen molar-refractivity contribution in [2.75, 3.05) is 19.6 Å². The minimum Gasteiger partial charge on any atom is -0.316 e. The molecule has 2 saturated heterocycles. The maximum Gasteiger partial charge on any atom is 0.279 e. The molecule has 6 heteroatoms. The van der Waals surface area contributed by atoms with Crippen molar-refractivity contribution in [3.05, 3.63) is 0 Å². The third-order valence-corrected chi connectivity index (χ3v) is 5.59. The summed E-state index contributed by atoms with van der Waals surface area (Å²) in [4.78, 5) is 0. The minimum absolute atomic E-state index is 0.0453.